The standard InChI is InChI=1S/C24H28N6O5S/c1-17(31)27-8-10-28(11-9-27)19-4-2-18(3-5-19)25-24(36)26-23(32)21-16-20(30(33)34)6-7-22(21)29-12-14-35-15-13-29/h2-7,16H,8-15H2,1H3,(H2,25,26,32,36). The van der Waals surface area contributed by atoms with Crippen molar-refractivity contribution in [1.29, 1.82) is 0 Å². The van der Waals surface area contributed by atoms with Gasteiger partial charge in [-0.25, -0.2) is 0 Å². The van der Waals surface area contributed by atoms with Gasteiger partial charge in [0.05, 0.1) is 29.4 Å². The second kappa shape index (κ2) is 11.3. The summed E-state index contributed by atoms with van der Waals surface area (Å²) in [6.45, 7) is 6.67. The van der Waals surface area contributed by atoms with E-state index in [0.717, 1.165) is 18.8 Å². The molecule has 0 atom stereocenters. The Morgan fingerprint density at radius 2 is 1.64 bits per heavy atom. The number of benzene rings is 2. The Hall–Kier alpha value is -3.77. The number of nitro groups is 1. The van der Waals surface area contributed by atoms with Crippen LogP contribution in [0.2, 0.25) is 0 Å². The predicted molar refractivity (Wildman–Crippen MR) is 141 cm³/mol. The van der Waals surface area contributed by atoms with Gasteiger partial charge >= 0.3 is 0 Å². The fourth-order valence-corrected chi connectivity index (χ4v) is 4.48. The molecular weight excluding hydrogens is 484 g/mol. The molecule has 0 unspecified atom stereocenters. The van der Waals surface area contributed by atoms with E-state index in [-0.39, 0.29) is 22.3 Å². The highest BCUT2D eigenvalue weighted by Gasteiger charge is 2.23. The molecule has 0 bridgehead atoms. The highest BCUT2D eigenvalue weighted by Crippen LogP contribution is 2.26. The maximum absolute atomic E-state index is 13.1. The lowest BCUT2D eigenvalue weighted by atomic mass is 10.1. The number of carbonyl (C=O) groups is 2. The average Bonchev–Trinajstić information content (AvgIpc) is 2.89. The highest BCUT2D eigenvalue weighted by molar-refractivity contribution is 7.80. The number of thiocarbonyl (C=S) groups is 1. The normalized spacial score (nSPS) is 15.9. The summed E-state index contributed by atoms with van der Waals surface area (Å²) >= 11 is 5.33. The molecule has 2 N–H and O–H groups in total. The molecule has 11 nitrogen and oxygen atoms in total. The zero-order chi connectivity index (χ0) is 25.7. The number of carbonyl (C=O) groups excluding carboxylic acids is 2. The summed E-state index contributed by atoms with van der Waals surface area (Å²) in [5.41, 5.74) is 2.33. The number of rotatable bonds is 5. The third-order valence-corrected chi connectivity index (χ3v) is 6.43. The summed E-state index contributed by atoms with van der Waals surface area (Å²) in [6.07, 6.45) is 0. The molecule has 2 aliphatic rings. The minimum atomic E-state index is -0.530. The smallest absolute Gasteiger partial charge is 0.270 e. The van der Waals surface area contributed by atoms with Gasteiger partial charge in [0.2, 0.25) is 5.91 Å². The Kier molecular flexibility index (Phi) is 7.96. The number of hydrogen-bond donors (Lipinski definition) is 2. The maximum atomic E-state index is 13.1. The number of nitrogens with zero attached hydrogens (tertiary/aromatic N) is 4. The fourth-order valence-electron chi connectivity index (χ4n) is 4.27. The summed E-state index contributed by atoms with van der Waals surface area (Å²) in [5, 5.41) is 17.0. The molecule has 2 amide bonds. The van der Waals surface area contributed by atoms with E-state index < -0.39 is 10.8 Å². The van der Waals surface area contributed by atoms with E-state index in [2.05, 4.69) is 15.5 Å². The van der Waals surface area contributed by atoms with Gasteiger partial charge < -0.3 is 24.8 Å². The molecule has 2 heterocycles. The van der Waals surface area contributed by atoms with Gasteiger partial charge in [-0.2, -0.15) is 0 Å². The maximum Gasteiger partial charge on any atom is 0.270 e. The van der Waals surface area contributed by atoms with Crippen molar-refractivity contribution in [3.8, 4) is 0 Å². The molecule has 0 aromatic heterocycles. The van der Waals surface area contributed by atoms with Crippen molar-refractivity contribution >= 4 is 51.9 Å². The van der Waals surface area contributed by atoms with Gasteiger partial charge in [-0.3, -0.25) is 25.0 Å². The first-order valence-corrected chi connectivity index (χ1v) is 12.1. The summed E-state index contributed by atoms with van der Waals surface area (Å²) in [5.74, 6) is -0.440. The molecule has 12 heteroatoms. The Labute approximate surface area is 214 Å². The van der Waals surface area contributed by atoms with Crippen molar-refractivity contribution in [1.82, 2.24) is 10.2 Å². The molecule has 2 saturated heterocycles. The van der Waals surface area contributed by atoms with Crippen molar-refractivity contribution in [3.05, 3.63) is 58.1 Å². The van der Waals surface area contributed by atoms with Crippen LogP contribution in [0.25, 0.3) is 0 Å². The van der Waals surface area contributed by atoms with E-state index in [1.165, 1.54) is 12.1 Å². The van der Waals surface area contributed by atoms with Gasteiger partial charge in [0, 0.05) is 69.7 Å². The van der Waals surface area contributed by atoms with Crippen molar-refractivity contribution in [2.24, 2.45) is 0 Å². The molecule has 0 spiro atoms. The lowest BCUT2D eigenvalue weighted by Crippen LogP contribution is -2.48. The molecule has 0 saturated carbocycles. The number of nitrogens with one attached hydrogen (secondary N) is 2. The summed E-state index contributed by atoms with van der Waals surface area (Å²) in [4.78, 5) is 41.4. The van der Waals surface area contributed by atoms with Crippen LogP contribution >= 0.6 is 12.2 Å². The number of hydrogen-bond acceptors (Lipinski definition) is 8. The van der Waals surface area contributed by atoms with Gasteiger partial charge in [-0.05, 0) is 42.5 Å². The first-order chi connectivity index (χ1) is 17.3. The molecule has 2 aromatic rings. The van der Waals surface area contributed by atoms with Gasteiger partial charge in [-0.1, -0.05) is 0 Å². The zero-order valence-electron chi connectivity index (χ0n) is 19.9. The SMILES string of the molecule is CC(=O)N1CCN(c2ccc(NC(=S)NC(=O)c3cc([N+](=O)[O-])ccc3N3CCOCC3)cc2)CC1. The first kappa shape index (κ1) is 25.3. The van der Waals surface area contributed by atoms with Crippen LogP contribution in [0.3, 0.4) is 0 Å². The van der Waals surface area contributed by atoms with Crippen LogP contribution in [0.4, 0.5) is 22.7 Å². The molecule has 4 rings (SSSR count). The Balaban J connectivity index is 1.39. The van der Waals surface area contributed by atoms with Gasteiger partial charge in [0.15, 0.2) is 5.11 Å². The number of amides is 2. The summed E-state index contributed by atoms with van der Waals surface area (Å²) in [7, 11) is 0. The number of piperazine rings is 1. The van der Waals surface area contributed by atoms with Crippen molar-refractivity contribution < 1.29 is 19.2 Å². The van der Waals surface area contributed by atoms with E-state index in [4.69, 9.17) is 17.0 Å². The summed E-state index contributed by atoms with van der Waals surface area (Å²) in [6, 6.07) is 11.9. The van der Waals surface area contributed by atoms with Crippen LogP contribution < -0.4 is 20.4 Å². The molecule has 190 valence electrons. The lowest BCUT2D eigenvalue weighted by Gasteiger charge is -2.35. The van der Waals surface area contributed by atoms with E-state index >= 15 is 0 Å². The topological polar surface area (TPSA) is 120 Å². The number of non-ortho nitro benzene ring substituents is 1. The minimum absolute atomic E-state index is 0.0854. The van der Waals surface area contributed by atoms with Crippen molar-refractivity contribution in [3.63, 3.8) is 0 Å². The van der Waals surface area contributed by atoms with Crippen molar-refractivity contribution in [2.45, 2.75) is 6.92 Å². The van der Waals surface area contributed by atoms with E-state index in [1.54, 1.807) is 13.0 Å². The first-order valence-electron chi connectivity index (χ1n) is 11.7. The molecule has 0 radical (unpaired) electrons. The van der Waals surface area contributed by atoms with Crippen LogP contribution in [-0.4, -0.2) is 79.2 Å². The second-order valence-electron chi connectivity index (χ2n) is 8.51. The monoisotopic (exact) mass is 512 g/mol. The molecule has 2 fully saturated rings. The second-order valence-corrected chi connectivity index (χ2v) is 8.91. The van der Waals surface area contributed by atoms with Crippen LogP contribution in [0.5, 0.6) is 0 Å². The van der Waals surface area contributed by atoms with E-state index in [0.29, 0.717) is 50.8 Å². The molecule has 36 heavy (non-hydrogen) atoms. The Morgan fingerprint density at radius 3 is 2.25 bits per heavy atom. The van der Waals surface area contributed by atoms with Gasteiger partial charge in [-0.15, -0.1) is 0 Å². The number of morpholine rings is 1. The molecule has 2 aromatic carbocycles. The summed E-state index contributed by atoms with van der Waals surface area (Å²) < 4.78 is 5.38. The van der Waals surface area contributed by atoms with E-state index in [1.807, 2.05) is 34.1 Å². The Morgan fingerprint density at radius 1 is 0.972 bits per heavy atom. The van der Waals surface area contributed by atoms with Crippen LogP contribution in [-0.2, 0) is 9.53 Å². The predicted octanol–water partition coefficient (Wildman–Crippen LogP) is 2.23. The fraction of sp³-hybridized carbons (Fsp3) is 0.375. The zero-order valence-corrected chi connectivity index (χ0v) is 20.8. The van der Waals surface area contributed by atoms with Gasteiger partial charge in [0.1, 0.15) is 0 Å². The largest absolute Gasteiger partial charge is 0.378 e. The third kappa shape index (κ3) is 6.07. The quantitative estimate of drug-likeness (QED) is 0.353. The van der Waals surface area contributed by atoms with Crippen molar-refractivity contribution in [2.75, 3.05) is 67.6 Å². The number of anilines is 3. The third-order valence-electron chi connectivity index (χ3n) is 6.23. The average molecular weight is 513 g/mol. The van der Waals surface area contributed by atoms with E-state index in [9.17, 15) is 19.7 Å². The Bertz CT molecular complexity index is 1140. The number of nitro benzene ring substituents is 1. The molecule has 2 aliphatic heterocycles. The van der Waals surface area contributed by atoms with Crippen LogP contribution in [0, 0.1) is 10.1 Å². The van der Waals surface area contributed by atoms with Gasteiger partial charge in [0.25, 0.3) is 11.6 Å². The minimum Gasteiger partial charge on any atom is -0.378 e. The number of ether oxygens (including phenoxy) is 1. The molecular formula is C24H28N6O5S. The van der Waals surface area contributed by atoms with Crippen LogP contribution in [0.1, 0.15) is 17.3 Å². The highest BCUT2D eigenvalue weighted by atomic mass is 32.1. The van der Waals surface area contributed by atoms with Crippen LogP contribution in [0.15, 0.2) is 42.5 Å². The lowest BCUT2D eigenvalue weighted by molar-refractivity contribution is -0.384. The molecule has 0 aliphatic carbocycles.